The van der Waals surface area contributed by atoms with Crippen molar-refractivity contribution >= 4 is 5.78 Å². The van der Waals surface area contributed by atoms with E-state index in [1.165, 1.54) is 0 Å². The Hall–Kier alpha value is -0.410. The van der Waals surface area contributed by atoms with Crippen LogP contribution in [0.5, 0.6) is 0 Å². The first-order valence-corrected chi connectivity index (χ1v) is 4.48. The van der Waals surface area contributed by atoms with E-state index in [0.717, 1.165) is 6.42 Å². The number of aliphatic hydroxyl groups is 1. The summed E-state index contributed by atoms with van der Waals surface area (Å²) >= 11 is 0. The minimum Gasteiger partial charge on any atom is -0.392 e. The normalized spacial score (nSPS) is 13.4. The molecule has 72 valence electrons. The fourth-order valence-corrected chi connectivity index (χ4v) is 0.966. The van der Waals surface area contributed by atoms with Crippen LogP contribution in [0.1, 0.15) is 26.7 Å². The van der Waals surface area contributed by atoms with Crippen LogP contribution in [0.4, 0.5) is 0 Å². The number of Topliss-reactive ketones (excluding diaryl/α,β-unsaturated/α-hetero) is 1. The number of ketones is 1. The van der Waals surface area contributed by atoms with Gasteiger partial charge >= 0.3 is 0 Å². The number of carbonyl (C=O) groups is 1. The molecule has 1 unspecified atom stereocenters. The predicted molar refractivity (Wildman–Crippen MR) is 49.1 cm³/mol. The fourth-order valence-electron chi connectivity index (χ4n) is 0.966. The van der Waals surface area contributed by atoms with E-state index in [0.29, 0.717) is 19.5 Å². The molecule has 0 rings (SSSR count). The molecule has 0 bridgehead atoms. The van der Waals surface area contributed by atoms with Crippen molar-refractivity contribution in [3.8, 4) is 0 Å². The monoisotopic (exact) mass is 173 g/mol. The van der Waals surface area contributed by atoms with E-state index >= 15 is 0 Å². The first-order chi connectivity index (χ1) is 5.60. The summed E-state index contributed by atoms with van der Waals surface area (Å²) < 4.78 is 0. The molecular weight excluding hydrogens is 154 g/mol. The smallest absolute Gasteiger partial charge is 0.146 e. The SMILES string of the molecule is CCC(=O)CN(C)CC(O)CC. The minimum absolute atomic E-state index is 0.223. The zero-order valence-electron chi connectivity index (χ0n) is 8.21. The molecule has 0 aromatic rings. The van der Waals surface area contributed by atoms with Gasteiger partial charge in [-0.15, -0.1) is 0 Å². The molecule has 0 radical (unpaired) electrons. The van der Waals surface area contributed by atoms with Crippen LogP contribution in [0.15, 0.2) is 0 Å². The molecule has 1 atom stereocenters. The van der Waals surface area contributed by atoms with Crippen molar-refractivity contribution in [2.24, 2.45) is 0 Å². The molecule has 3 nitrogen and oxygen atoms in total. The molecule has 0 aromatic heterocycles. The van der Waals surface area contributed by atoms with Gasteiger partial charge in [-0.2, -0.15) is 0 Å². The highest BCUT2D eigenvalue weighted by atomic mass is 16.3. The molecule has 0 aromatic carbocycles. The summed E-state index contributed by atoms with van der Waals surface area (Å²) in [5.74, 6) is 0.223. The lowest BCUT2D eigenvalue weighted by Crippen LogP contribution is -2.32. The summed E-state index contributed by atoms with van der Waals surface area (Å²) in [4.78, 5) is 12.8. The van der Waals surface area contributed by atoms with E-state index in [-0.39, 0.29) is 11.9 Å². The van der Waals surface area contributed by atoms with Gasteiger partial charge < -0.3 is 5.11 Å². The second kappa shape index (κ2) is 6.14. The Bertz CT molecular complexity index is 136. The van der Waals surface area contributed by atoms with Gasteiger partial charge in [-0.3, -0.25) is 9.69 Å². The third-order valence-corrected chi connectivity index (χ3v) is 1.83. The number of carbonyl (C=O) groups excluding carboxylic acids is 1. The zero-order valence-corrected chi connectivity index (χ0v) is 8.21. The first-order valence-electron chi connectivity index (χ1n) is 4.48. The minimum atomic E-state index is -0.306. The fraction of sp³-hybridized carbons (Fsp3) is 0.889. The molecule has 0 aliphatic carbocycles. The summed E-state index contributed by atoms with van der Waals surface area (Å²) in [5, 5.41) is 9.26. The van der Waals surface area contributed by atoms with Gasteiger partial charge in [0, 0.05) is 13.0 Å². The number of aliphatic hydroxyl groups excluding tert-OH is 1. The maximum Gasteiger partial charge on any atom is 0.146 e. The van der Waals surface area contributed by atoms with Crippen LogP contribution in [0.3, 0.4) is 0 Å². The number of likely N-dealkylation sites (N-methyl/N-ethyl adjacent to an activating group) is 1. The topological polar surface area (TPSA) is 40.5 Å². The summed E-state index contributed by atoms with van der Waals surface area (Å²) in [5.41, 5.74) is 0. The van der Waals surface area contributed by atoms with E-state index in [1.54, 1.807) is 0 Å². The van der Waals surface area contributed by atoms with Crippen molar-refractivity contribution < 1.29 is 9.90 Å². The number of hydrogen-bond acceptors (Lipinski definition) is 3. The van der Waals surface area contributed by atoms with Gasteiger partial charge in [-0.05, 0) is 13.5 Å². The molecule has 0 amide bonds. The Morgan fingerprint density at radius 2 is 2.08 bits per heavy atom. The summed E-state index contributed by atoms with van der Waals surface area (Å²) in [6.07, 6.45) is 1.01. The maximum atomic E-state index is 11.0. The zero-order chi connectivity index (χ0) is 9.56. The van der Waals surface area contributed by atoms with Gasteiger partial charge in [0.1, 0.15) is 5.78 Å². The Morgan fingerprint density at radius 3 is 2.50 bits per heavy atom. The largest absolute Gasteiger partial charge is 0.392 e. The lowest BCUT2D eigenvalue weighted by Gasteiger charge is -2.18. The summed E-state index contributed by atoms with van der Waals surface area (Å²) in [6.45, 7) is 4.82. The lowest BCUT2D eigenvalue weighted by atomic mass is 10.2. The molecule has 1 N–H and O–H groups in total. The standard InChI is InChI=1S/C9H19NO2/c1-4-8(11)6-10(3)7-9(12)5-2/h8,11H,4-7H2,1-3H3. The molecule has 0 heterocycles. The lowest BCUT2D eigenvalue weighted by molar-refractivity contribution is -0.119. The van der Waals surface area contributed by atoms with Crippen LogP contribution in [0.25, 0.3) is 0 Å². The van der Waals surface area contributed by atoms with Gasteiger partial charge in [-0.25, -0.2) is 0 Å². The molecular formula is C9H19NO2. The quantitative estimate of drug-likeness (QED) is 0.641. The van der Waals surface area contributed by atoms with Crippen molar-refractivity contribution in [2.45, 2.75) is 32.8 Å². The van der Waals surface area contributed by atoms with Gasteiger partial charge in [0.25, 0.3) is 0 Å². The van der Waals surface area contributed by atoms with Crippen LogP contribution in [-0.4, -0.2) is 42.0 Å². The van der Waals surface area contributed by atoms with Gasteiger partial charge in [-0.1, -0.05) is 13.8 Å². The molecule has 12 heavy (non-hydrogen) atoms. The van der Waals surface area contributed by atoms with E-state index in [2.05, 4.69) is 0 Å². The summed E-state index contributed by atoms with van der Waals surface area (Å²) in [6, 6.07) is 0. The Kier molecular flexibility index (Phi) is 5.93. The highest BCUT2D eigenvalue weighted by Gasteiger charge is 2.08. The highest BCUT2D eigenvalue weighted by Crippen LogP contribution is 1.94. The average molecular weight is 173 g/mol. The van der Waals surface area contributed by atoms with E-state index in [9.17, 15) is 9.90 Å². The highest BCUT2D eigenvalue weighted by molar-refractivity contribution is 5.80. The van der Waals surface area contributed by atoms with Gasteiger partial charge in [0.05, 0.1) is 12.6 Å². The third kappa shape index (κ3) is 5.27. The van der Waals surface area contributed by atoms with Gasteiger partial charge in [0.15, 0.2) is 0 Å². The van der Waals surface area contributed by atoms with Crippen molar-refractivity contribution in [1.29, 1.82) is 0 Å². The Balaban J connectivity index is 3.58. The number of hydrogen-bond donors (Lipinski definition) is 1. The molecule has 0 spiro atoms. The number of nitrogens with zero attached hydrogens (tertiary/aromatic N) is 1. The van der Waals surface area contributed by atoms with Gasteiger partial charge in [0.2, 0.25) is 0 Å². The first kappa shape index (κ1) is 11.6. The maximum absolute atomic E-state index is 11.0. The van der Waals surface area contributed by atoms with E-state index in [1.807, 2.05) is 25.8 Å². The molecule has 0 aliphatic rings. The van der Waals surface area contributed by atoms with Crippen LogP contribution < -0.4 is 0 Å². The second-order valence-electron chi connectivity index (χ2n) is 3.15. The van der Waals surface area contributed by atoms with E-state index in [4.69, 9.17) is 0 Å². The van der Waals surface area contributed by atoms with Crippen LogP contribution in [-0.2, 0) is 4.79 Å². The Labute approximate surface area is 74.4 Å². The predicted octanol–water partition coefficient (Wildman–Crippen LogP) is 0.668. The van der Waals surface area contributed by atoms with Crippen molar-refractivity contribution in [3.05, 3.63) is 0 Å². The summed E-state index contributed by atoms with van der Waals surface area (Å²) in [7, 11) is 1.85. The third-order valence-electron chi connectivity index (χ3n) is 1.83. The van der Waals surface area contributed by atoms with Crippen LogP contribution in [0, 0.1) is 0 Å². The van der Waals surface area contributed by atoms with E-state index < -0.39 is 0 Å². The van der Waals surface area contributed by atoms with Crippen LogP contribution in [0.2, 0.25) is 0 Å². The molecule has 0 saturated heterocycles. The molecule has 3 heteroatoms. The molecule has 0 saturated carbocycles. The van der Waals surface area contributed by atoms with Crippen molar-refractivity contribution in [1.82, 2.24) is 4.90 Å². The molecule has 0 fully saturated rings. The number of rotatable bonds is 6. The van der Waals surface area contributed by atoms with Crippen molar-refractivity contribution in [3.63, 3.8) is 0 Å². The van der Waals surface area contributed by atoms with Crippen molar-refractivity contribution in [2.75, 3.05) is 20.1 Å². The second-order valence-corrected chi connectivity index (χ2v) is 3.15. The Morgan fingerprint density at radius 1 is 1.50 bits per heavy atom. The van der Waals surface area contributed by atoms with Crippen LogP contribution >= 0.6 is 0 Å². The average Bonchev–Trinajstić information content (AvgIpc) is 2.03. The molecule has 0 aliphatic heterocycles.